The van der Waals surface area contributed by atoms with Crippen molar-refractivity contribution in [1.82, 2.24) is 0 Å². The van der Waals surface area contributed by atoms with Crippen LogP contribution in [0.15, 0.2) is 60.7 Å². The Balaban J connectivity index is 2.02. The molecule has 2 aromatic carbocycles. The first-order valence-corrected chi connectivity index (χ1v) is 7.12. The van der Waals surface area contributed by atoms with E-state index in [-0.39, 0.29) is 9.42 Å². The topological polar surface area (TPSA) is 0 Å². The van der Waals surface area contributed by atoms with Gasteiger partial charge < -0.3 is 0 Å². The summed E-state index contributed by atoms with van der Waals surface area (Å²) in [5, 5.41) is 0. The Kier molecular flexibility index (Phi) is 4.78. The summed E-state index contributed by atoms with van der Waals surface area (Å²) < 4.78 is -0.252. The van der Waals surface area contributed by atoms with Gasteiger partial charge in [-0.05, 0) is 11.1 Å². The molecule has 17 heavy (non-hydrogen) atoms. The van der Waals surface area contributed by atoms with E-state index >= 15 is 0 Å². The maximum atomic E-state index is 6.33. The Morgan fingerprint density at radius 3 is 1.35 bits per heavy atom. The summed E-state index contributed by atoms with van der Waals surface area (Å²) in [5.41, 5.74) is 2.17. The van der Waals surface area contributed by atoms with Crippen LogP contribution < -0.4 is 0 Å². The Bertz CT molecular complexity index is 401. The summed E-state index contributed by atoms with van der Waals surface area (Å²) in [6, 6.07) is 19.9. The molecule has 0 radical (unpaired) electrons. The quantitative estimate of drug-likeness (QED) is 0.658. The lowest BCUT2D eigenvalue weighted by molar-refractivity contribution is 1.31. The molecule has 2 atom stereocenters. The van der Waals surface area contributed by atoms with Crippen molar-refractivity contribution in [3.05, 3.63) is 71.8 Å². The third-order valence-corrected chi connectivity index (χ3v) is 4.51. The third kappa shape index (κ3) is 3.67. The van der Waals surface area contributed by atoms with Crippen LogP contribution in [-0.4, -0.2) is 0 Å². The molecule has 0 aliphatic rings. The molecule has 2 rings (SSSR count). The zero-order valence-electron chi connectivity index (χ0n) is 9.09. The molecule has 0 N–H and O–H groups in total. The van der Waals surface area contributed by atoms with Gasteiger partial charge in [-0.3, -0.25) is 0 Å². The number of alkyl halides is 2. The number of benzene rings is 2. The fourth-order valence-corrected chi connectivity index (χ4v) is 3.38. The van der Waals surface area contributed by atoms with Gasteiger partial charge in [0.15, 0.2) is 0 Å². The first kappa shape index (κ1) is 12.8. The van der Waals surface area contributed by atoms with E-state index in [0.29, 0.717) is 0 Å². The summed E-state index contributed by atoms with van der Waals surface area (Å²) in [6.45, 7) is 0. The number of rotatable bonds is 4. The van der Waals surface area contributed by atoms with Crippen molar-refractivity contribution in [2.24, 2.45) is 0 Å². The van der Waals surface area contributed by atoms with E-state index in [0.717, 1.165) is 11.1 Å². The highest BCUT2D eigenvalue weighted by Crippen LogP contribution is 2.44. The van der Waals surface area contributed by atoms with Gasteiger partial charge in [-0.1, -0.05) is 60.7 Å². The van der Waals surface area contributed by atoms with Gasteiger partial charge in [-0.25, -0.2) is 0 Å². The minimum atomic E-state index is -0.126. The van der Waals surface area contributed by atoms with Crippen molar-refractivity contribution in [3.63, 3.8) is 0 Å². The molecule has 88 valence electrons. The van der Waals surface area contributed by atoms with Crippen molar-refractivity contribution in [2.75, 3.05) is 0 Å². The summed E-state index contributed by atoms with van der Waals surface area (Å²) in [6.07, 6.45) is 0. The smallest absolute Gasteiger partial charge is 0.106 e. The Morgan fingerprint density at radius 2 is 1.00 bits per heavy atom. The molecule has 2 aromatic rings. The van der Waals surface area contributed by atoms with Crippen LogP contribution in [0, 0.1) is 0 Å². The third-order valence-electron chi connectivity index (χ3n) is 2.36. The van der Waals surface area contributed by atoms with Crippen molar-refractivity contribution >= 4 is 35.0 Å². The van der Waals surface area contributed by atoms with Crippen LogP contribution in [0.4, 0.5) is 0 Å². The van der Waals surface area contributed by atoms with Crippen LogP contribution in [0.1, 0.15) is 20.5 Å². The Hall–Kier alpha value is -0.630. The first-order chi connectivity index (χ1) is 8.27. The molecule has 0 saturated heterocycles. The second-order valence-electron chi connectivity index (χ2n) is 3.59. The number of thioether (sulfide) groups is 1. The maximum Gasteiger partial charge on any atom is 0.106 e. The average Bonchev–Trinajstić information content (AvgIpc) is 2.40. The largest absolute Gasteiger partial charge is 0.113 e. The predicted molar refractivity (Wildman–Crippen MR) is 77.7 cm³/mol. The SMILES string of the molecule is ClC(SC(Cl)c1ccccc1)c1ccccc1. The highest BCUT2D eigenvalue weighted by Gasteiger charge is 2.15. The van der Waals surface area contributed by atoms with E-state index in [1.54, 1.807) is 0 Å². The fourth-order valence-electron chi connectivity index (χ4n) is 1.47. The van der Waals surface area contributed by atoms with Crippen molar-refractivity contribution < 1.29 is 0 Å². The monoisotopic (exact) mass is 282 g/mol. The zero-order chi connectivity index (χ0) is 12.1. The van der Waals surface area contributed by atoms with E-state index in [2.05, 4.69) is 0 Å². The second-order valence-corrected chi connectivity index (χ2v) is 6.19. The van der Waals surface area contributed by atoms with Crippen molar-refractivity contribution in [2.45, 2.75) is 9.42 Å². The van der Waals surface area contributed by atoms with Gasteiger partial charge in [0.2, 0.25) is 0 Å². The highest BCUT2D eigenvalue weighted by atomic mass is 35.5. The van der Waals surface area contributed by atoms with Crippen LogP contribution in [0.2, 0.25) is 0 Å². The molecule has 0 spiro atoms. The summed E-state index contributed by atoms with van der Waals surface area (Å²) in [5.74, 6) is 0. The average molecular weight is 283 g/mol. The van der Waals surface area contributed by atoms with E-state index < -0.39 is 0 Å². The first-order valence-electron chi connectivity index (χ1n) is 5.31. The van der Waals surface area contributed by atoms with Crippen LogP contribution in [0.5, 0.6) is 0 Å². The molecular weight excluding hydrogens is 271 g/mol. The molecule has 0 aromatic heterocycles. The molecule has 0 bridgehead atoms. The van der Waals surface area contributed by atoms with Gasteiger partial charge in [0, 0.05) is 0 Å². The van der Waals surface area contributed by atoms with E-state index in [4.69, 9.17) is 23.2 Å². The molecule has 0 aliphatic heterocycles. The maximum absolute atomic E-state index is 6.33. The zero-order valence-corrected chi connectivity index (χ0v) is 11.4. The molecule has 0 nitrogen and oxygen atoms in total. The van der Waals surface area contributed by atoms with Crippen LogP contribution in [-0.2, 0) is 0 Å². The summed E-state index contributed by atoms with van der Waals surface area (Å²) in [7, 11) is 0. The molecule has 0 amide bonds. The van der Waals surface area contributed by atoms with E-state index in [9.17, 15) is 0 Å². The van der Waals surface area contributed by atoms with Crippen molar-refractivity contribution in [1.29, 1.82) is 0 Å². The number of halogens is 2. The van der Waals surface area contributed by atoms with Gasteiger partial charge in [0.25, 0.3) is 0 Å². The van der Waals surface area contributed by atoms with Crippen LogP contribution in [0.3, 0.4) is 0 Å². The summed E-state index contributed by atoms with van der Waals surface area (Å²) >= 11 is 14.2. The lowest BCUT2D eigenvalue weighted by atomic mass is 10.2. The number of hydrogen-bond donors (Lipinski definition) is 0. The minimum Gasteiger partial charge on any atom is -0.113 e. The lowest BCUT2D eigenvalue weighted by Gasteiger charge is -2.14. The van der Waals surface area contributed by atoms with E-state index in [1.807, 2.05) is 60.7 Å². The molecular formula is C14H12Cl2S. The van der Waals surface area contributed by atoms with Gasteiger partial charge in [0.05, 0.1) is 0 Å². The number of hydrogen-bond acceptors (Lipinski definition) is 1. The fraction of sp³-hybridized carbons (Fsp3) is 0.143. The molecule has 2 unspecified atom stereocenters. The normalized spacial score (nSPS) is 14.2. The molecule has 0 aliphatic carbocycles. The van der Waals surface area contributed by atoms with Gasteiger partial charge >= 0.3 is 0 Å². The molecule has 0 heterocycles. The lowest BCUT2D eigenvalue weighted by Crippen LogP contribution is -1.89. The Labute approximate surface area is 116 Å². The van der Waals surface area contributed by atoms with Crippen molar-refractivity contribution in [3.8, 4) is 0 Å². The van der Waals surface area contributed by atoms with Crippen LogP contribution in [0.25, 0.3) is 0 Å². The molecule has 0 saturated carbocycles. The van der Waals surface area contributed by atoms with Gasteiger partial charge in [-0.2, -0.15) is 0 Å². The minimum absolute atomic E-state index is 0.126. The second kappa shape index (κ2) is 6.34. The van der Waals surface area contributed by atoms with Gasteiger partial charge in [0.1, 0.15) is 9.42 Å². The standard InChI is InChI=1S/C14H12Cl2S/c15-13(11-7-3-1-4-8-11)17-14(16)12-9-5-2-6-10-12/h1-10,13-14H. The highest BCUT2D eigenvalue weighted by molar-refractivity contribution is 8.01. The molecule has 3 heteroatoms. The molecule has 0 fully saturated rings. The predicted octanol–water partition coefficient (Wildman–Crippen LogP) is 5.59. The Morgan fingerprint density at radius 1 is 0.647 bits per heavy atom. The van der Waals surface area contributed by atoms with Gasteiger partial charge in [-0.15, -0.1) is 35.0 Å². The van der Waals surface area contributed by atoms with E-state index in [1.165, 1.54) is 11.8 Å². The summed E-state index contributed by atoms with van der Waals surface area (Å²) in [4.78, 5) is 0. The van der Waals surface area contributed by atoms with Crippen LogP contribution >= 0.6 is 35.0 Å².